The first-order chi connectivity index (χ1) is 8.13. The van der Waals surface area contributed by atoms with E-state index in [1.807, 2.05) is 19.1 Å². The van der Waals surface area contributed by atoms with Gasteiger partial charge in [0.05, 0.1) is 6.42 Å². The Labute approximate surface area is 99.8 Å². The second-order valence-electron chi connectivity index (χ2n) is 3.55. The highest BCUT2D eigenvalue weighted by atomic mass is 16.4. The zero-order chi connectivity index (χ0) is 12.7. The van der Waals surface area contributed by atoms with E-state index in [2.05, 4.69) is 10.6 Å². The Bertz CT molecular complexity index is 404. The second kappa shape index (κ2) is 6.52. The van der Waals surface area contributed by atoms with Crippen LogP contribution in [0.15, 0.2) is 24.3 Å². The Morgan fingerprint density at radius 2 is 1.82 bits per heavy atom. The van der Waals surface area contributed by atoms with Gasteiger partial charge in [-0.2, -0.15) is 0 Å². The summed E-state index contributed by atoms with van der Waals surface area (Å²) in [6.45, 7) is 2.72. The Morgan fingerprint density at radius 3 is 2.41 bits per heavy atom. The van der Waals surface area contributed by atoms with E-state index in [1.54, 1.807) is 12.1 Å². The highest BCUT2D eigenvalue weighted by molar-refractivity contribution is 5.74. The number of hydrogen-bond acceptors (Lipinski definition) is 2. The summed E-state index contributed by atoms with van der Waals surface area (Å²) in [6.07, 6.45) is -0.0345. The van der Waals surface area contributed by atoms with E-state index in [9.17, 15) is 9.59 Å². The van der Waals surface area contributed by atoms with Gasteiger partial charge in [0.1, 0.15) is 0 Å². The van der Waals surface area contributed by atoms with Crippen molar-refractivity contribution in [1.29, 1.82) is 0 Å². The number of aliphatic carboxylic acids is 1. The number of carbonyl (C=O) groups is 2. The van der Waals surface area contributed by atoms with Crippen LogP contribution in [0, 0.1) is 0 Å². The molecule has 0 aliphatic heterocycles. The molecule has 0 aromatic heterocycles. The van der Waals surface area contributed by atoms with Gasteiger partial charge in [0, 0.05) is 13.1 Å². The minimum Gasteiger partial charge on any atom is -0.481 e. The molecule has 1 rings (SSSR count). The van der Waals surface area contributed by atoms with Crippen LogP contribution in [0.1, 0.15) is 18.1 Å². The first-order valence-electron chi connectivity index (χ1n) is 5.43. The third-order valence-electron chi connectivity index (χ3n) is 2.24. The van der Waals surface area contributed by atoms with Crippen molar-refractivity contribution < 1.29 is 14.7 Å². The molecule has 0 aliphatic carbocycles. The molecule has 2 amide bonds. The summed E-state index contributed by atoms with van der Waals surface area (Å²) < 4.78 is 0. The first kappa shape index (κ1) is 13.0. The van der Waals surface area contributed by atoms with Gasteiger partial charge in [0.15, 0.2) is 0 Å². The SMILES string of the molecule is CCNC(=O)NCc1ccccc1CC(=O)O. The Balaban J connectivity index is 2.63. The van der Waals surface area contributed by atoms with E-state index in [0.29, 0.717) is 13.1 Å². The summed E-state index contributed by atoms with van der Waals surface area (Å²) in [5.74, 6) is -0.879. The molecule has 3 N–H and O–H groups in total. The molecule has 5 nitrogen and oxygen atoms in total. The average Bonchev–Trinajstić information content (AvgIpc) is 2.27. The average molecular weight is 236 g/mol. The highest BCUT2D eigenvalue weighted by Crippen LogP contribution is 2.09. The molecule has 0 aliphatic rings. The van der Waals surface area contributed by atoms with Crippen molar-refractivity contribution in [3.05, 3.63) is 35.4 Å². The molecule has 1 aromatic carbocycles. The number of benzene rings is 1. The van der Waals surface area contributed by atoms with Gasteiger partial charge in [-0.05, 0) is 18.1 Å². The summed E-state index contributed by atoms with van der Waals surface area (Å²) in [5.41, 5.74) is 1.54. The molecule has 0 fully saturated rings. The molecule has 1 aromatic rings. The maximum absolute atomic E-state index is 11.2. The molecule has 5 heteroatoms. The van der Waals surface area contributed by atoms with Gasteiger partial charge in [-0.3, -0.25) is 4.79 Å². The van der Waals surface area contributed by atoms with Crippen LogP contribution in [0.4, 0.5) is 4.79 Å². The van der Waals surface area contributed by atoms with Crippen LogP contribution in [0.25, 0.3) is 0 Å². The molecule has 0 atom stereocenters. The number of carboxylic acid groups (broad SMARTS) is 1. The molecule has 0 unspecified atom stereocenters. The monoisotopic (exact) mass is 236 g/mol. The fourth-order valence-corrected chi connectivity index (χ4v) is 1.46. The van der Waals surface area contributed by atoms with Crippen molar-refractivity contribution in [3.63, 3.8) is 0 Å². The van der Waals surface area contributed by atoms with Crippen LogP contribution in [0.5, 0.6) is 0 Å². The maximum Gasteiger partial charge on any atom is 0.315 e. The highest BCUT2D eigenvalue weighted by Gasteiger charge is 2.06. The number of carbonyl (C=O) groups excluding carboxylic acids is 1. The van der Waals surface area contributed by atoms with Crippen molar-refractivity contribution >= 4 is 12.0 Å². The molecular formula is C12H16N2O3. The maximum atomic E-state index is 11.2. The van der Waals surface area contributed by atoms with Crippen molar-refractivity contribution in [3.8, 4) is 0 Å². The summed E-state index contributed by atoms with van der Waals surface area (Å²) in [6, 6.07) is 6.92. The van der Waals surface area contributed by atoms with Crippen molar-refractivity contribution in [1.82, 2.24) is 10.6 Å². The number of nitrogens with one attached hydrogen (secondary N) is 2. The van der Waals surface area contributed by atoms with Crippen molar-refractivity contribution in [2.24, 2.45) is 0 Å². The van der Waals surface area contributed by atoms with Crippen LogP contribution < -0.4 is 10.6 Å². The number of hydrogen-bond donors (Lipinski definition) is 3. The summed E-state index contributed by atoms with van der Waals surface area (Å²) in [7, 11) is 0. The number of carboxylic acids is 1. The lowest BCUT2D eigenvalue weighted by atomic mass is 10.0. The summed E-state index contributed by atoms with van der Waals surface area (Å²) in [5, 5.41) is 14.0. The predicted molar refractivity (Wildman–Crippen MR) is 63.7 cm³/mol. The van der Waals surface area contributed by atoms with Crippen LogP contribution in [0.3, 0.4) is 0 Å². The van der Waals surface area contributed by atoms with Gasteiger partial charge in [-0.25, -0.2) is 4.79 Å². The smallest absolute Gasteiger partial charge is 0.315 e. The normalized spacial score (nSPS) is 9.71. The van der Waals surface area contributed by atoms with E-state index in [0.717, 1.165) is 11.1 Å². The minimum absolute atomic E-state index is 0.0345. The molecule has 0 spiro atoms. The molecule has 0 saturated carbocycles. The molecule has 0 saturated heterocycles. The molecule has 92 valence electrons. The van der Waals surface area contributed by atoms with Crippen molar-refractivity contribution in [2.45, 2.75) is 19.9 Å². The van der Waals surface area contributed by atoms with Gasteiger partial charge >= 0.3 is 12.0 Å². The quantitative estimate of drug-likeness (QED) is 0.717. The number of urea groups is 1. The third kappa shape index (κ3) is 4.55. The Morgan fingerprint density at radius 1 is 1.18 bits per heavy atom. The number of rotatable bonds is 5. The van der Waals surface area contributed by atoms with E-state index in [4.69, 9.17) is 5.11 Å². The molecule has 0 heterocycles. The van der Waals surface area contributed by atoms with Crippen LogP contribution >= 0.6 is 0 Å². The van der Waals surface area contributed by atoms with Crippen LogP contribution in [-0.4, -0.2) is 23.7 Å². The third-order valence-corrected chi connectivity index (χ3v) is 2.24. The summed E-state index contributed by atoms with van der Waals surface area (Å²) >= 11 is 0. The topological polar surface area (TPSA) is 78.4 Å². The minimum atomic E-state index is -0.879. The van der Waals surface area contributed by atoms with E-state index in [1.165, 1.54) is 0 Å². The molecule has 0 bridgehead atoms. The lowest BCUT2D eigenvalue weighted by molar-refractivity contribution is -0.136. The van der Waals surface area contributed by atoms with E-state index in [-0.39, 0.29) is 12.5 Å². The van der Waals surface area contributed by atoms with Gasteiger partial charge < -0.3 is 15.7 Å². The van der Waals surface area contributed by atoms with Gasteiger partial charge in [0.2, 0.25) is 0 Å². The van der Waals surface area contributed by atoms with Crippen LogP contribution in [0.2, 0.25) is 0 Å². The Kier molecular flexibility index (Phi) is 5.00. The molecular weight excluding hydrogens is 220 g/mol. The zero-order valence-electron chi connectivity index (χ0n) is 9.69. The summed E-state index contributed by atoms with van der Waals surface area (Å²) in [4.78, 5) is 21.9. The lowest BCUT2D eigenvalue weighted by Gasteiger charge is -2.09. The van der Waals surface area contributed by atoms with Gasteiger partial charge in [-0.15, -0.1) is 0 Å². The van der Waals surface area contributed by atoms with Gasteiger partial charge in [0.25, 0.3) is 0 Å². The fourth-order valence-electron chi connectivity index (χ4n) is 1.46. The largest absolute Gasteiger partial charge is 0.481 e. The molecule has 0 radical (unpaired) electrons. The predicted octanol–water partition coefficient (Wildman–Crippen LogP) is 1.13. The lowest BCUT2D eigenvalue weighted by Crippen LogP contribution is -2.34. The standard InChI is InChI=1S/C12H16N2O3/c1-2-13-12(17)14-8-10-6-4-3-5-9(10)7-11(15)16/h3-6H,2,7-8H2,1H3,(H,15,16)(H2,13,14,17). The fraction of sp³-hybridized carbons (Fsp3) is 0.333. The van der Waals surface area contributed by atoms with Crippen LogP contribution in [-0.2, 0) is 17.8 Å². The number of amides is 2. The Hall–Kier alpha value is -2.04. The molecule has 17 heavy (non-hydrogen) atoms. The first-order valence-corrected chi connectivity index (χ1v) is 5.43. The van der Waals surface area contributed by atoms with E-state index >= 15 is 0 Å². The van der Waals surface area contributed by atoms with Crippen molar-refractivity contribution in [2.75, 3.05) is 6.54 Å². The van der Waals surface area contributed by atoms with E-state index < -0.39 is 5.97 Å². The van der Waals surface area contributed by atoms with Gasteiger partial charge in [-0.1, -0.05) is 24.3 Å². The second-order valence-corrected chi connectivity index (χ2v) is 3.55. The zero-order valence-corrected chi connectivity index (χ0v) is 9.69.